The van der Waals surface area contributed by atoms with Crippen LogP contribution in [-0.4, -0.2) is 23.7 Å². The summed E-state index contributed by atoms with van der Waals surface area (Å²) in [6.45, 7) is 5.53. The Bertz CT molecular complexity index is 320. The summed E-state index contributed by atoms with van der Waals surface area (Å²) in [5, 5.41) is 3.10. The zero-order valence-electron chi connectivity index (χ0n) is 9.49. The molecule has 0 saturated heterocycles. The Kier molecular flexibility index (Phi) is 4.37. The van der Waals surface area contributed by atoms with Crippen LogP contribution in [0.1, 0.15) is 19.4 Å². The Morgan fingerprint density at radius 2 is 2.40 bits per heavy atom. The number of esters is 1. The number of methoxy groups -OCH3 is 1. The van der Waals surface area contributed by atoms with Gasteiger partial charge in [0.15, 0.2) is 0 Å². The van der Waals surface area contributed by atoms with Gasteiger partial charge in [-0.25, -0.2) is 0 Å². The van der Waals surface area contributed by atoms with E-state index in [1.54, 1.807) is 6.92 Å². The predicted molar refractivity (Wildman–Crippen MR) is 58.4 cm³/mol. The molecule has 1 aromatic rings. The van der Waals surface area contributed by atoms with E-state index in [1.807, 2.05) is 12.3 Å². The van der Waals surface area contributed by atoms with Gasteiger partial charge in [-0.1, -0.05) is 0 Å². The van der Waals surface area contributed by atoms with Crippen LogP contribution >= 0.6 is 0 Å². The maximum atomic E-state index is 11.1. The van der Waals surface area contributed by atoms with Crippen molar-refractivity contribution in [3.63, 3.8) is 0 Å². The predicted octanol–water partition coefficient (Wildman–Crippen LogP) is 1.16. The quantitative estimate of drug-likeness (QED) is 0.742. The summed E-state index contributed by atoms with van der Waals surface area (Å²) >= 11 is 0. The Morgan fingerprint density at radius 3 is 2.93 bits per heavy atom. The number of rotatable bonds is 5. The van der Waals surface area contributed by atoms with E-state index in [1.165, 1.54) is 12.7 Å². The van der Waals surface area contributed by atoms with Crippen molar-refractivity contribution in [1.82, 2.24) is 9.88 Å². The summed E-state index contributed by atoms with van der Waals surface area (Å²) in [6.07, 6.45) is 4.09. The Hall–Kier alpha value is -1.29. The number of carbonyl (C=O) groups excluding carboxylic acids is 1. The lowest BCUT2D eigenvalue weighted by Gasteiger charge is -2.10. The van der Waals surface area contributed by atoms with E-state index in [-0.39, 0.29) is 12.0 Å². The lowest BCUT2D eigenvalue weighted by atomic mass is 10.3. The second kappa shape index (κ2) is 5.56. The van der Waals surface area contributed by atoms with Gasteiger partial charge < -0.3 is 14.6 Å². The molecule has 0 aliphatic heterocycles. The summed E-state index contributed by atoms with van der Waals surface area (Å²) in [5.74, 6) is -0.232. The van der Waals surface area contributed by atoms with Crippen LogP contribution in [-0.2, 0) is 22.6 Å². The van der Waals surface area contributed by atoms with Gasteiger partial charge in [0, 0.05) is 25.5 Å². The van der Waals surface area contributed by atoms with Crippen LogP contribution in [0.4, 0.5) is 0 Å². The van der Waals surface area contributed by atoms with Crippen LogP contribution in [0.2, 0.25) is 0 Å². The van der Waals surface area contributed by atoms with Crippen LogP contribution in [0, 0.1) is 0 Å². The van der Waals surface area contributed by atoms with Gasteiger partial charge >= 0.3 is 5.97 Å². The second-order valence-corrected chi connectivity index (χ2v) is 3.48. The molecule has 0 radical (unpaired) electrons. The molecule has 0 fully saturated rings. The summed E-state index contributed by atoms with van der Waals surface area (Å²) in [6, 6.07) is 1.78. The molecule has 0 aliphatic carbocycles. The van der Waals surface area contributed by atoms with Crippen molar-refractivity contribution < 1.29 is 9.53 Å². The van der Waals surface area contributed by atoms with Crippen molar-refractivity contribution in [3.8, 4) is 0 Å². The molecule has 0 amide bonds. The molecule has 1 N–H and O–H groups in total. The van der Waals surface area contributed by atoms with E-state index >= 15 is 0 Å². The molecule has 0 bridgehead atoms. The van der Waals surface area contributed by atoms with Gasteiger partial charge in [-0.05, 0) is 25.5 Å². The van der Waals surface area contributed by atoms with Crippen LogP contribution in [0.25, 0.3) is 0 Å². The number of hydrogen-bond acceptors (Lipinski definition) is 3. The first-order valence-corrected chi connectivity index (χ1v) is 5.13. The summed E-state index contributed by atoms with van der Waals surface area (Å²) < 4.78 is 6.72. The number of ether oxygens (including phenoxy) is 1. The van der Waals surface area contributed by atoms with Crippen LogP contribution in [0.3, 0.4) is 0 Å². The van der Waals surface area contributed by atoms with Gasteiger partial charge in [-0.3, -0.25) is 4.79 Å². The standard InChI is InChI=1S/C11H18N2O2/c1-4-13-6-5-10(8-13)7-12-9(2)11(14)15-3/h5-6,8-9,12H,4,7H2,1-3H3/t9-/m0/s1. The number of aromatic nitrogens is 1. The molecule has 1 aromatic heterocycles. The van der Waals surface area contributed by atoms with Gasteiger partial charge in [0.05, 0.1) is 7.11 Å². The van der Waals surface area contributed by atoms with Crippen LogP contribution in [0.5, 0.6) is 0 Å². The number of nitrogens with zero attached hydrogens (tertiary/aromatic N) is 1. The van der Waals surface area contributed by atoms with E-state index in [0.717, 1.165) is 6.54 Å². The third-order valence-electron chi connectivity index (χ3n) is 2.34. The number of nitrogens with one attached hydrogen (secondary N) is 1. The molecule has 4 nitrogen and oxygen atoms in total. The van der Waals surface area contributed by atoms with E-state index < -0.39 is 0 Å². The Balaban J connectivity index is 2.39. The number of carbonyl (C=O) groups is 1. The molecule has 0 aliphatic rings. The number of aryl methyl sites for hydroxylation is 1. The smallest absolute Gasteiger partial charge is 0.322 e. The van der Waals surface area contributed by atoms with Crippen molar-refractivity contribution in [1.29, 1.82) is 0 Å². The first-order valence-electron chi connectivity index (χ1n) is 5.13. The zero-order chi connectivity index (χ0) is 11.3. The highest BCUT2D eigenvalue weighted by Gasteiger charge is 2.11. The molecular formula is C11H18N2O2. The molecule has 1 heterocycles. The fourth-order valence-electron chi connectivity index (χ4n) is 1.32. The van der Waals surface area contributed by atoms with Gasteiger partial charge in [-0.15, -0.1) is 0 Å². The average Bonchev–Trinajstić information content (AvgIpc) is 2.72. The largest absolute Gasteiger partial charge is 0.468 e. The minimum absolute atomic E-state index is 0.232. The highest BCUT2D eigenvalue weighted by Crippen LogP contribution is 2.01. The lowest BCUT2D eigenvalue weighted by Crippen LogP contribution is -2.34. The van der Waals surface area contributed by atoms with Crippen LogP contribution in [0.15, 0.2) is 18.5 Å². The zero-order valence-corrected chi connectivity index (χ0v) is 9.49. The van der Waals surface area contributed by atoms with E-state index in [9.17, 15) is 4.79 Å². The highest BCUT2D eigenvalue weighted by molar-refractivity contribution is 5.75. The van der Waals surface area contributed by atoms with Gasteiger partial charge in [0.1, 0.15) is 6.04 Å². The minimum Gasteiger partial charge on any atom is -0.468 e. The maximum Gasteiger partial charge on any atom is 0.322 e. The molecule has 4 heteroatoms. The maximum absolute atomic E-state index is 11.1. The summed E-state index contributed by atoms with van der Waals surface area (Å²) in [5.41, 5.74) is 1.17. The van der Waals surface area contributed by atoms with Crippen molar-refractivity contribution in [2.24, 2.45) is 0 Å². The molecule has 0 unspecified atom stereocenters. The lowest BCUT2D eigenvalue weighted by molar-refractivity contribution is -0.142. The van der Waals surface area contributed by atoms with E-state index in [4.69, 9.17) is 0 Å². The summed E-state index contributed by atoms with van der Waals surface area (Å²) in [4.78, 5) is 11.1. The van der Waals surface area contributed by atoms with E-state index in [0.29, 0.717) is 6.54 Å². The first kappa shape index (κ1) is 11.8. The minimum atomic E-state index is -0.264. The third-order valence-corrected chi connectivity index (χ3v) is 2.34. The average molecular weight is 210 g/mol. The molecule has 0 spiro atoms. The monoisotopic (exact) mass is 210 g/mol. The fourth-order valence-corrected chi connectivity index (χ4v) is 1.32. The first-order chi connectivity index (χ1) is 7.17. The van der Waals surface area contributed by atoms with Gasteiger partial charge in [-0.2, -0.15) is 0 Å². The normalized spacial score (nSPS) is 12.5. The van der Waals surface area contributed by atoms with Crippen molar-refractivity contribution >= 4 is 5.97 Å². The topological polar surface area (TPSA) is 43.3 Å². The highest BCUT2D eigenvalue weighted by atomic mass is 16.5. The Labute approximate surface area is 90.2 Å². The second-order valence-electron chi connectivity index (χ2n) is 3.48. The summed E-state index contributed by atoms with van der Waals surface area (Å²) in [7, 11) is 1.40. The Morgan fingerprint density at radius 1 is 1.67 bits per heavy atom. The number of hydrogen-bond donors (Lipinski definition) is 1. The molecule has 1 atom stereocenters. The molecule has 1 rings (SSSR count). The van der Waals surface area contributed by atoms with Crippen molar-refractivity contribution in [3.05, 3.63) is 24.0 Å². The third kappa shape index (κ3) is 3.40. The SMILES string of the molecule is CCn1ccc(CN[C@@H](C)C(=O)OC)c1. The van der Waals surface area contributed by atoms with Gasteiger partial charge in [0.2, 0.25) is 0 Å². The van der Waals surface area contributed by atoms with Gasteiger partial charge in [0.25, 0.3) is 0 Å². The molecule has 0 aromatic carbocycles. The van der Waals surface area contributed by atoms with E-state index in [2.05, 4.69) is 27.7 Å². The molecular weight excluding hydrogens is 192 g/mol. The van der Waals surface area contributed by atoms with Crippen LogP contribution < -0.4 is 5.32 Å². The van der Waals surface area contributed by atoms with Crippen molar-refractivity contribution in [2.45, 2.75) is 33.0 Å². The molecule has 15 heavy (non-hydrogen) atoms. The fraction of sp³-hybridized carbons (Fsp3) is 0.545. The molecule has 84 valence electrons. The van der Waals surface area contributed by atoms with Crippen molar-refractivity contribution in [2.75, 3.05) is 7.11 Å². The molecule has 0 saturated carbocycles.